The third kappa shape index (κ3) is 5.09. The number of hydrogen-bond acceptors (Lipinski definition) is 2. The van der Waals surface area contributed by atoms with Crippen molar-refractivity contribution in [3.8, 4) is 0 Å². The third-order valence-corrected chi connectivity index (χ3v) is 3.22. The number of carbonyl (C=O) groups is 1. The summed E-state index contributed by atoms with van der Waals surface area (Å²) in [7, 11) is 0. The summed E-state index contributed by atoms with van der Waals surface area (Å²) in [5.41, 5.74) is 2.22. The van der Waals surface area contributed by atoms with Crippen molar-refractivity contribution in [3.05, 3.63) is 84.1 Å². The summed E-state index contributed by atoms with van der Waals surface area (Å²) in [4.78, 5) is 14.2. The van der Waals surface area contributed by atoms with Crippen molar-refractivity contribution in [1.82, 2.24) is 4.90 Å². The molecule has 0 radical (unpaired) electrons. The molecule has 0 atom stereocenters. The third-order valence-electron chi connectivity index (χ3n) is 3.22. The Hall–Kier alpha value is -2.55. The molecule has 0 aliphatic carbocycles. The maximum absolute atomic E-state index is 12.4. The fraction of sp³-hybridized carbons (Fsp3) is 0.211. The van der Waals surface area contributed by atoms with Gasteiger partial charge < -0.3 is 9.64 Å². The molecular formula is C19H21NO2. The first kappa shape index (κ1) is 15.8. The van der Waals surface area contributed by atoms with Gasteiger partial charge in [0.05, 0.1) is 12.9 Å². The van der Waals surface area contributed by atoms with Gasteiger partial charge in [-0.15, -0.1) is 0 Å². The molecule has 0 heterocycles. The van der Waals surface area contributed by atoms with E-state index in [2.05, 4.69) is 0 Å². The van der Waals surface area contributed by atoms with Gasteiger partial charge in [-0.3, -0.25) is 4.79 Å². The summed E-state index contributed by atoms with van der Waals surface area (Å²) >= 11 is 0. The van der Waals surface area contributed by atoms with Gasteiger partial charge in [-0.05, 0) is 18.1 Å². The average molecular weight is 295 g/mol. The molecule has 0 aliphatic rings. The van der Waals surface area contributed by atoms with E-state index in [9.17, 15) is 4.79 Å². The summed E-state index contributed by atoms with van der Waals surface area (Å²) in [5.74, 6) is -0.0545. The Morgan fingerprint density at radius 3 is 1.91 bits per heavy atom. The van der Waals surface area contributed by atoms with Crippen molar-refractivity contribution in [2.24, 2.45) is 0 Å². The highest BCUT2D eigenvalue weighted by atomic mass is 16.5. The second kappa shape index (κ2) is 8.67. The molecule has 114 valence electrons. The Bertz CT molecular complexity index is 552. The van der Waals surface area contributed by atoms with E-state index in [-0.39, 0.29) is 5.91 Å². The van der Waals surface area contributed by atoms with Crippen molar-refractivity contribution in [1.29, 1.82) is 0 Å². The minimum atomic E-state index is -0.0545. The fourth-order valence-corrected chi connectivity index (χ4v) is 2.13. The van der Waals surface area contributed by atoms with Gasteiger partial charge in [0.25, 0.3) is 0 Å². The highest BCUT2D eigenvalue weighted by Gasteiger charge is 2.12. The second-order valence-electron chi connectivity index (χ2n) is 4.92. The smallest absolute Gasteiger partial charge is 0.250 e. The lowest BCUT2D eigenvalue weighted by Gasteiger charge is -2.21. The molecule has 0 aliphatic heterocycles. The number of amides is 1. The maximum Gasteiger partial charge on any atom is 0.250 e. The molecule has 0 spiro atoms. The van der Waals surface area contributed by atoms with E-state index in [0.29, 0.717) is 19.7 Å². The van der Waals surface area contributed by atoms with Gasteiger partial charge in [0.15, 0.2) is 0 Å². The summed E-state index contributed by atoms with van der Waals surface area (Å²) in [6, 6.07) is 20.0. The lowest BCUT2D eigenvalue weighted by atomic mass is 10.1. The number of rotatable bonds is 7. The Labute approximate surface area is 131 Å². The topological polar surface area (TPSA) is 29.5 Å². The van der Waals surface area contributed by atoms with Crippen LogP contribution in [0.1, 0.15) is 18.1 Å². The number of carbonyl (C=O) groups excluding carboxylic acids is 1. The van der Waals surface area contributed by atoms with E-state index in [0.717, 1.165) is 11.1 Å². The maximum atomic E-state index is 12.4. The highest BCUT2D eigenvalue weighted by Crippen LogP contribution is 2.10. The lowest BCUT2D eigenvalue weighted by Crippen LogP contribution is -2.28. The molecule has 1 amide bonds. The monoisotopic (exact) mass is 295 g/mol. The van der Waals surface area contributed by atoms with Gasteiger partial charge in [-0.2, -0.15) is 0 Å². The highest BCUT2D eigenvalue weighted by molar-refractivity contribution is 5.87. The minimum absolute atomic E-state index is 0.0545. The standard InChI is InChI=1S/C19H21NO2/c1-2-22-14-13-19(21)20(15-17-9-5-3-6-10-17)16-18-11-7-4-8-12-18/h3-14H,2,15-16H2,1H3/b14-13+. The van der Waals surface area contributed by atoms with Gasteiger partial charge in [-0.25, -0.2) is 0 Å². The van der Waals surface area contributed by atoms with Crippen molar-refractivity contribution in [2.75, 3.05) is 6.61 Å². The summed E-state index contributed by atoms with van der Waals surface area (Å²) in [6.07, 6.45) is 2.95. The Morgan fingerprint density at radius 2 is 1.45 bits per heavy atom. The molecular weight excluding hydrogens is 274 g/mol. The van der Waals surface area contributed by atoms with Crippen LogP contribution in [0.5, 0.6) is 0 Å². The number of benzene rings is 2. The lowest BCUT2D eigenvalue weighted by molar-refractivity contribution is -0.127. The van der Waals surface area contributed by atoms with Crippen molar-refractivity contribution >= 4 is 5.91 Å². The molecule has 3 nitrogen and oxygen atoms in total. The van der Waals surface area contributed by atoms with Gasteiger partial charge in [0, 0.05) is 19.2 Å². The van der Waals surface area contributed by atoms with E-state index >= 15 is 0 Å². The van der Waals surface area contributed by atoms with Crippen LogP contribution in [0, 0.1) is 0 Å². The first-order valence-electron chi connectivity index (χ1n) is 7.44. The first-order valence-corrected chi connectivity index (χ1v) is 7.44. The molecule has 0 bridgehead atoms. The van der Waals surface area contributed by atoms with Crippen LogP contribution in [0.4, 0.5) is 0 Å². The van der Waals surface area contributed by atoms with Gasteiger partial charge in [0.1, 0.15) is 0 Å². The van der Waals surface area contributed by atoms with Crippen LogP contribution >= 0.6 is 0 Å². The summed E-state index contributed by atoms with van der Waals surface area (Å²) < 4.78 is 5.13. The second-order valence-corrected chi connectivity index (χ2v) is 4.92. The van der Waals surface area contributed by atoms with E-state index in [1.807, 2.05) is 67.6 Å². The van der Waals surface area contributed by atoms with E-state index in [1.54, 1.807) is 4.90 Å². The molecule has 2 aromatic carbocycles. The van der Waals surface area contributed by atoms with Gasteiger partial charge in [0.2, 0.25) is 5.91 Å². The van der Waals surface area contributed by atoms with Crippen molar-refractivity contribution < 1.29 is 9.53 Å². The zero-order valence-corrected chi connectivity index (χ0v) is 12.8. The van der Waals surface area contributed by atoms with Crippen LogP contribution in [-0.2, 0) is 22.6 Å². The van der Waals surface area contributed by atoms with E-state index in [4.69, 9.17) is 4.74 Å². The number of ether oxygens (including phenoxy) is 1. The average Bonchev–Trinajstić information content (AvgIpc) is 2.56. The van der Waals surface area contributed by atoms with Crippen molar-refractivity contribution in [2.45, 2.75) is 20.0 Å². The van der Waals surface area contributed by atoms with Crippen LogP contribution < -0.4 is 0 Å². The van der Waals surface area contributed by atoms with Crippen LogP contribution in [0.3, 0.4) is 0 Å². The van der Waals surface area contributed by atoms with Crippen LogP contribution in [0.25, 0.3) is 0 Å². The SMILES string of the molecule is CCO/C=C/C(=O)N(Cc1ccccc1)Cc1ccccc1. The molecule has 22 heavy (non-hydrogen) atoms. The fourth-order valence-electron chi connectivity index (χ4n) is 2.13. The molecule has 3 heteroatoms. The quantitative estimate of drug-likeness (QED) is 0.575. The Balaban J connectivity index is 2.11. The number of nitrogens with zero attached hydrogens (tertiary/aromatic N) is 1. The largest absolute Gasteiger partial charge is 0.501 e. The molecule has 0 fully saturated rings. The predicted molar refractivity (Wildman–Crippen MR) is 87.9 cm³/mol. The summed E-state index contributed by atoms with van der Waals surface area (Å²) in [5, 5.41) is 0. The molecule has 2 aromatic rings. The Kier molecular flexibility index (Phi) is 6.24. The molecule has 0 aromatic heterocycles. The van der Waals surface area contributed by atoms with E-state index < -0.39 is 0 Å². The minimum Gasteiger partial charge on any atom is -0.501 e. The normalized spacial score (nSPS) is 10.6. The zero-order chi connectivity index (χ0) is 15.6. The molecule has 0 N–H and O–H groups in total. The molecule has 0 saturated heterocycles. The number of hydrogen-bond donors (Lipinski definition) is 0. The summed E-state index contributed by atoms with van der Waals surface area (Å²) in [6.45, 7) is 3.59. The predicted octanol–water partition coefficient (Wildman–Crippen LogP) is 3.77. The first-order chi connectivity index (χ1) is 10.8. The Morgan fingerprint density at radius 1 is 0.955 bits per heavy atom. The van der Waals surface area contributed by atoms with Crippen LogP contribution in [0.15, 0.2) is 73.0 Å². The van der Waals surface area contributed by atoms with Crippen LogP contribution in [-0.4, -0.2) is 17.4 Å². The van der Waals surface area contributed by atoms with E-state index in [1.165, 1.54) is 12.3 Å². The van der Waals surface area contributed by atoms with Crippen molar-refractivity contribution in [3.63, 3.8) is 0 Å². The zero-order valence-electron chi connectivity index (χ0n) is 12.8. The molecule has 0 unspecified atom stereocenters. The van der Waals surface area contributed by atoms with Gasteiger partial charge >= 0.3 is 0 Å². The van der Waals surface area contributed by atoms with Crippen LogP contribution in [0.2, 0.25) is 0 Å². The van der Waals surface area contributed by atoms with Gasteiger partial charge in [-0.1, -0.05) is 60.7 Å². The molecule has 2 rings (SSSR count). The molecule has 0 saturated carbocycles.